The van der Waals surface area contributed by atoms with Crippen molar-refractivity contribution in [1.82, 2.24) is 4.90 Å². The van der Waals surface area contributed by atoms with Crippen molar-refractivity contribution in [3.63, 3.8) is 0 Å². The highest BCUT2D eigenvalue weighted by atomic mass is 16.5. The molecule has 2 heteroatoms. The van der Waals surface area contributed by atoms with Gasteiger partial charge in [0.05, 0.1) is 5.60 Å². The Morgan fingerprint density at radius 3 is 2.09 bits per heavy atom. The SMILES string of the molecule is CN(C)CCC1(c2ccccc2)OC(C)(C)c2ccccc21. The van der Waals surface area contributed by atoms with Gasteiger partial charge in [0.1, 0.15) is 5.60 Å². The first kappa shape index (κ1) is 15.3. The predicted molar refractivity (Wildman–Crippen MR) is 90.9 cm³/mol. The summed E-state index contributed by atoms with van der Waals surface area (Å²) in [5.41, 5.74) is 3.24. The van der Waals surface area contributed by atoms with Crippen LogP contribution in [0.3, 0.4) is 0 Å². The van der Waals surface area contributed by atoms with Crippen LogP contribution in [-0.2, 0) is 15.9 Å². The molecule has 22 heavy (non-hydrogen) atoms. The second-order valence-electron chi connectivity index (χ2n) is 6.90. The summed E-state index contributed by atoms with van der Waals surface area (Å²) in [5, 5.41) is 0. The number of rotatable bonds is 4. The molecule has 0 spiro atoms. The summed E-state index contributed by atoms with van der Waals surface area (Å²) in [6, 6.07) is 19.3. The van der Waals surface area contributed by atoms with Crippen LogP contribution in [0.1, 0.15) is 37.0 Å². The zero-order valence-corrected chi connectivity index (χ0v) is 14.0. The Morgan fingerprint density at radius 2 is 1.45 bits per heavy atom. The van der Waals surface area contributed by atoms with Crippen LogP contribution in [0, 0.1) is 0 Å². The average molecular weight is 295 g/mol. The number of hydrogen-bond donors (Lipinski definition) is 0. The Kier molecular flexibility index (Phi) is 3.84. The molecule has 1 heterocycles. The first-order chi connectivity index (χ1) is 10.5. The Hall–Kier alpha value is -1.64. The highest BCUT2D eigenvalue weighted by Gasteiger charge is 2.49. The van der Waals surface area contributed by atoms with Crippen molar-refractivity contribution in [3.8, 4) is 0 Å². The molecule has 3 rings (SSSR count). The summed E-state index contributed by atoms with van der Waals surface area (Å²) in [6.45, 7) is 5.33. The molecule has 0 bridgehead atoms. The van der Waals surface area contributed by atoms with Crippen LogP contribution in [0.5, 0.6) is 0 Å². The fourth-order valence-electron chi connectivity index (χ4n) is 3.54. The fraction of sp³-hybridized carbons (Fsp3) is 0.400. The van der Waals surface area contributed by atoms with Gasteiger partial charge in [-0.1, -0.05) is 54.6 Å². The molecule has 1 aliphatic heterocycles. The van der Waals surface area contributed by atoms with Crippen LogP contribution >= 0.6 is 0 Å². The minimum Gasteiger partial charge on any atom is -0.355 e. The number of hydrogen-bond acceptors (Lipinski definition) is 2. The lowest BCUT2D eigenvalue weighted by atomic mass is 9.81. The zero-order valence-electron chi connectivity index (χ0n) is 14.0. The van der Waals surface area contributed by atoms with Gasteiger partial charge in [0, 0.05) is 6.54 Å². The Morgan fingerprint density at radius 1 is 0.864 bits per heavy atom. The maximum absolute atomic E-state index is 6.72. The van der Waals surface area contributed by atoms with Crippen LogP contribution in [0.15, 0.2) is 54.6 Å². The van der Waals surface area contributed by atoms with Crippen molar-refractivity contribution in [2.24, 2.45) is 0 Å². The molecule has 1 unspecified atom stereocenters. The highest BCUT2D eigenvalue weighted by Crippen LogP contribution is 2.52. The van der Waals surface area contributed by atoms with E-state index in [1.807, 2.05) is 0 Å². The third-order valence-corrected chi connectivity index (χ3v) is 4.59. The van der Waals surface area contributed by atoms with E-state index in [0.29, 0.717) is 0 Å². The molecule has 0 saturated heterocycles. The van der Waals surface area contributed by atoms with E-state index in [9.17, 15) is 0 Å². The summed E-state index contributed by atoms with van der Waals surface area (Å²) in [5.74, 6) is 0. The average Bonchev–Trinajstić information content (AvgIpc) is 2.75. The summed E-state index contributed by atoms with van der Waals surface area (Å²) in [7, 11) is 4.23. The second kappa shape index (κ2) is 5.53. The number of benzene rings is 2. The van der Waals surface area contributed by atoms with E-state index in [1.54, 1.807) is 0 Å². The van der Waals surface area contributed by atoms with Gasteiger partial charge in [0.15, 0.2) is 0 Å². The minimum absolute atomic E-state index is 0.265. The van der Waals surface area contributed by atoms with E-state index >= 15 is 0 Å². The van der Waals surface area contributed by atoms with Crippen molar-refractivity contribution >= 4 is 0 Å². The quantitative estimate of drug-likeness (QED) is 0.840. The van der Waals surface area contributed by atoms with Crippen LogP contribution in [0.25, 0.3) is 0 Å². The largest absolute Gasteiger partial charge is 0.355 e. The van der Waals surface area contributed by atoms with E-state index in [4.69, 9.17) is 4.74 Å². The van der Waals surface area contributed by atoms with Crippen LogP contribution in [0.2, 0.25) is 0 Å². The van der Waals surface area contributed by atoms with Gasteiger partial charge in [0.25, 0.3) is 0 Å². The smallest absolute Gasteiger partial charge is 0.121 e. The molecule has 2 aromatic carbocycles. The van der Waals surface area contributed by atoms with Crippen LogP contribution < -0.4 is 0 Å². The van der Waals surface area contributed by atoms with Crippen molar-refractivity contribution < 1.29 is 4.74 Å². The predicted octanol–water partition coefficient (Wildman–Crippen LogP) is 4.15. The van der Waals surface area contributed by atoms with E-state index < -0.39 is 0 Å². The van der Waals surface area contributed by atoms with Gasteiger partial charge in [-0.05, 0) is 51.1 Å². The highest BCUT2D eigenvalue weighted by molar-refractivity contribution is 5.47. The van der Waals surface area contributed by atoms with E-state index in [2.05, 4.69) is 87.4 Å². The molecular weight excluding hydrogens is 270 g/mol. The molecule has 1 aliphatic rings. The van der Waals surface area contributed by atoms with Gasteiger partial charge in [-0.15, -0.1) is 0 Å². The first-order valence-corrected chi connectivity index (χ1v) is 7.96. The summed E-state index contributed by atoms with van der Waals surface area (Å²) >= 11 is 0. The van der Waals surface area contributed by atoms with Gasteiger partial charge < -0.3 is 9.64 Å². The summed E-state index contributed by atoms with van der Waals surface area (Å²) in [6.07, 6.45) is 0.949. The normalized spacial score (nSPS) is 22.8. The molecule has 2 aromatic rings. The number of ether oxygens (including phenoxy) is 1. The standard InChI is InChI=1S/C20H25NO/c1-19(2)17-12-8-9-13-18(17)20(22-19,14-15-21(3)4)16-10-6-5-7-11-16/h5-13H,14-15H2,1-4H3. The molecule has 2 nitrogen and oxygen atoms in total. The van der Waals surface area contributed by atoms with E-state index in [1.165, 1.54) is 16.7 Å². The molecule has 0 fully saturated rings. The van der Waals surface area contributed by atoms with Gasteiger partial charge >= 0.3 is 0 Å². The lowest BCUT2D eigenvalue weighted by molar-refractivity contribution is -0.108. The second-order valence-corrected chi connectivity index (χ2v) is 6.90. The minimum atomic E-state index is -0.356. The Bertz CT molecular complexity index is 648. The fourth-order valence-corrected chi connectivity index (χ4v) is 3.54. The Balaban J connectivity index is 2.16. The molecule has 0 aromatic heterocycles. The van der Waals surface area contributed by atoms with Crippen LogP contribution in [-0.4, -0.2) is 25.5 Å². The topological polar surface area (TPSA) is 12.5 Å². The molecule has 0 saturated carbocycles. The third-order valence-electron chi connectivity index (χ3n) is 4.59. The monoisotopic (exact) mass is 295 g/mol. The van der Waals surface area contributed by atoms with E-state index in [0.717, 1.165) is 13.0 Å². The maximum atomic E-state index is 6.72. The lowest BCUT2D eigenvalue weighted by Gasteiger charge is -2.34. The summed E-state index contributed by atoms with van der Waals surface area (Å²) < 4.78 is 6.72. The maximum Gasteiger partial charge on any atom is 0.121 e. The van der Waals surface area contributed by atoms with E-state index in [-0.39, 0.29) is 11.2 Å². The van der Waals surface area contributed by atoms with Gasteiger partial charge in [-0.25, -0.2) is 0 Å². The lowest BCUT2D eigenvalue weighted by Crippen LogP contribution is -2.34. The molecular formula is C20H25NO. The van der Waals surface area contributed by atoms with Crippen LogP contribution in [0.4, 0.5) is 0 Å². The molecule has 116 valence electrons. The molecule has 1 atom stereocenters. The first-order valence-electron chi connectivity index (χ1n) is 7.96. The summed E-state index contributed by atoms with van der Waals surface area (Å²) in [4.78, 5) is 2.22. The van der Waals surface area contributed by atoms with Crippen molar-refractivity contribution in [3.05, 3.63) is 71.3 Å². The van der Waals surface area contributed by atoms with Gasteiger partial charge in [-0.2, -0.15) is 0 Å². The number of nitrogens with zero attached hydrogens (tertiary/aromatic N) is 1. The number of fused-ring (bicyclic) bond motifs is 1. The van der Waals surface area contributed by atoms with Gasteiger partial charge in [-0.3, -0.25) is 0 Å². The van der Waals surface area contributed by atoms with Crippen molar-refractivity contribution in [1.29, 1.82) is 0 Å². The van der Waals surface area contributed by atoms with Crippen molar-refractivity contribution in [2.45, 2.75) is 31.5 Å². The third kappa shape index (κ3) is 2.47. The van der Waals surface area contributed by atoms with Crippen molar-refractivity contribution in [2.75, 3.05) is 20.6 Å². The van der Waals surface area contributed by atoms with Gasteiger partial charge in [0.2, 0.25) is 0 Å². The molecule has 0 aliphatic carbocycles. The zero-order chi connectivity index (χ0) is 15.8. The molecule has 0 N–H and O–H groups in total. The molecule has 0 amide bonds. The Labute approximate surface area is 133 Å². The molecule has 0 radical (unpaired) electrons.